The number of anilines is 3. The van der Waals surface area contributed by atoms with Crippen LogP contribution in [0.5, 0.6) is 0 Å². The van der Waals surface area contributed by atoms with Gasteiger partial charge in [0.15, 0.2) is 0 Å². The van der Waals surface area contributed by atoms with Crippen LogP contribution in [-0.2, 0) is 9.59 Å². The maximum Gasteiger partial charge on any atom is 0.343 e. The number of hydrogen-bond acceptors (Lipinski definition) is 4. The first-order valence-corrected chi connectivity index (χ1v) is 11.5. The third-order valence-corrected chi connectivity index (χ3v) is 6.20. The molecule has 0 aliphatic carbocycles. The van der Waals surface area contributed by atoms with Gasteiger partial charge in [-0.25, -0.2) is 14.6 Å². The third-order valence-electron chi connectivity index (χ3n) is 6.20. The fourth-order valence-corrected chi connectivity index (χ4v) is 4.44. The molecular weight excluding hydrogens is 426 g/mol. The number of amides is 4. The molecule has 0 saturated carbocycles. The van der Waals surface area contributed by atoms with E-state index in [4.69, 9.17) is 0 Å². The van der Waals surface area contributed by atoms with Gasteiger partial charge in [-0.05, 0) is 67.3 Å². The summed E-state index contributed by atoms with van der Waals surface area (Å²) in [5.41, 5.74) is 2.63. The van der Waals surface area contributed by atoms with Crippen LogP contribution in [-0.4, -0.2) is 30.9 Å². The summed E-state index contributed by atoms with van der Waals surface area (Å²) in [5.74, 6) is -1.26. The van der Waals surface area contributed by atoms with E-state index in [0.717, 1.165) is 34.1 Å². The number of imide groups is 2. The highest BCUT2D eigenvalue weighted by molar-refractivity contribution is 6.46. The summed E-state index contributed by atoms with van der Waals surface area (Å²) in [6, 6.07) is 24.5. The summed E-state index contributed by atoms with van der Waals surface area (Å²) in [6.45, 7) is 2.08. The molecule has 0 spiro atoms. The van der Waals surface area contributed by atoms with Crippen LogP contribution >= 0.6 is 0 Å². The Morgan fingerprint density at radius 2 is 1.06 bits per heavy atom. The molecule has 5 rings (SSSR count). The highest BCUT2D eigenvalue weighted by atomic mass is 16.2. The van der Waals surface area contributed by atoms with Gasteiger partial charge in [-0.15, -0.1) is 0 Å². The number of piperidine rings is 1. The number of hydrogen-bond donors (Lipinski definition) is 0. The van der Waals surface area contributed by atoms with Crippen LogP contribution in [0.3, 0.4) is 0 Å². The zero-order valence-corrected chi connectivity index (χ0v) is 18.8. The molecule has 2 aliphatic heterocycles. The Bertz CT molecular complexity index is 1170. The molecule has 0 aromatic heterocycles. The normalized spacial score (nSPS) is 16.8. The molecule has 0 radical (unpaired) electrons. The Labute approximate surface area is 198 Å². The maximum atomic E-state index is 13.4. The molecule has 2 fully saturated rings. The van der Waals surface area contributed by atoms with Gasteiger partial charge in [-0.1, -0.05) is 48.5 Å². The van der Waals surface area contributed by atoms with Gasteiger partial charge in [0.1, 0.15) is 5.57 Å². The van der Waals surface area contributed by atoms with E-state index in [0.29, 0.717) is 11.4 Å². The van der Waals surface area contributed by atoms with Crippen LogP contribution in [0.4, 0.5) is 21.9 Å². The number of carbonyl (C=O) groups excluding carboxylic acids is 3. The van der Waals surface area contributed by atoms with Crippen LogP contribution in [0.15, 0.2) is 90.5 Å². The van der Waals surface area contributed by atoms with Crippen molar-refractivity contribution in [2.45, 2.75) is 19.3 Å². The molecule has 0 N–H and O–H groups in total. The van der Waals surface area contributed by atoms with Gasteiger partial charge < -0.3 is 4.90 Å². The summed E-state index contributed by atoms with van der Waals surface area (Å²) < 4.78 is 0. The molecule has 6 nitrogen and oxygen atoms in total. The molecule has 2 saturated heterocycles. The van der Waals surface area contributed by atoms with E-state index in [1.165, 1.54) is 19.3 Å². The van der Waals surface area contributed by atoms with Gasteiger partial charge >= 0.3 is 6.03 Å². The zero-order chi connectivity index (χ0) is 23.5. The lowest BCUT2D eigenvalue weighted by molar-refractivity contribution is -0.121. The van der Waals surface area contributed by atoms with E-state index in [1.54, 1.807) is 54.6 Å². The molecule has 2 heterocycles. The summed E-state index contributed by atoms with van der Waals surface area (Å²) in [4.78, 5) is 44.7. The van der Waals surface area contributed by atoms with E-state index >= 15 is 0 Å². The first kappa shape index (κ1) is 21.6. The summed E-state index contributed by atoms with van der Waals surface area (Å²) in [7, 11) is 0. The van der Waals surface area contributed by atoms with Crippen molar-refractivity contribution in [3.05, 3.63) is 96.1 Å². The average Bonchev–Trinajstić information content (AvgIpc) is 2.89. The second-order valence-electron chi connectivity index (χ2n) is 8.43. The first-order chi connectivity index (χ1) is 16.6. The predicted octanol–water partition coefficient (Wildman–Crippen LogP) is 5.26. The number of urea groups is 1. The summed E-state index contributed by atoms with van der Waals surface area (Å²) in [5, 5.41) is 0. The highest BCUT2D eigenvalue weighted by Crippen LogP contribution is 2.30. The fourth-order valence-electron chi connectivity index (χ4n) is 4.44. The molecule has 3 aromatic carbocycles. The summed E-state index contributed by atoms with van der Waals surface area (Å²) >= 11 is 0. The minimum atomic E-state index is -0.690. The minimum absolute atomic E-state index is 0.0574. The molecule has 0 bridgehead atoms. The van der Waals surface area contributed by atoms with Gasteiger partial charge in [0.05, 0.1) is 11.4 Å². The molecule has 3 aromatic rings. The van der Waals surface area contributed by atoms with Crippen molar-refractivity contribution >= 4 is 41.0 Å². The van der Waals surface area contributed by atoms with Crippen molar-refractivity contribution in [3.63, 3.8) is 0 Å². The van der Waals surface area contributed by atoms with Crippen LogP contribution in [0.2, 0.25) is 0 Å². The Morgan fingerprint density at radius 1 is 0.559 bits per heavy atom. The molecule has 34 heavy (non-hydrogen) atoms. The van der Waals surface area contributed by atoms with Crippen molar-refractivity contribution in [1.82, 2.24) is 0 Å². The van der Waals surface area contributed by atoms with Crippen LogP contribution in [0.1, 0.15) is 24.8 Å². The number of nitrogens with zero attached hydrogens (tertiary/aromatic N) is 3. The molecule has 0 unspecified atom stereocenters. The zero-order valence-electron chi connectivity index (χ0n) is 18.8. The molecule has 0 atom stereocenters. The van der Waals surface area contributed by atoms with Crippen molar-refractivity contribution in [3.8, 4) is 0 Å². The van der Waals surface area contributed by atoms with Crippen molar-refractivity contribution in [1.29, 1.82) is 0 Å². The Kier molecular flexibility index (Phi) is 5.95. The van der Waals surface area contributed by atoms with Gasteiger partial charge in [0.2, 0.25) is 0 Å². The van der Waals surface area contributed by atoms with Crippen molar-refractivity contribution in [2.24, 2.45) is 0 Å². The third kappa shape index (κ3) is 4.10. The SMILES string of the molecule is O=C1C(=Cc2ccc(N3CCCCC3)cc2)C(=O)N(c2ccccc2)C(=O)N1c1ccccc1. The van der Waals surface area contributed by atoms with Gasteiger partial charge in [-0.2, -0.15) is 0 Å². The van der Waals surface area contributed by atoms with E-state index < -0.39 is 17.8 Å². The van der Waals surface area contributed by atoms with Gasteiger partial charge in [0.25, 0.3) is 11.8 Å². The number of barbiturate groups is 1. The average molecular weight is 452 g/mol. The molecule has 2 aliphatic rings. The van der Waals surface area contributed by atoms with E-state index in [-0.39, 0.29) is 5.57 Å². The predicted molar refractivity (Wildman–Crippen MR) is 134 cm³/mol. The standard InChI is InChI=1S/C28H25N3O3/c32-26-25(20-21-14-16-22(17-15-21)29-18-8-3-9-19-29)27(33)31(24-12-6-2-7-13-24)28(34)30(26)23-10-4-1-5-11-23/h1-2,4-7,10-17,20H,3,8-9,18-19H2. The van der Waals surface area contributed by atoms with E-state index in [1.807, 2.05) is 36.4 Å². The first-order valence-electron chi connectivity index (χ1n) is 11.5. The molecular formula is C28H25N3O3. The fraction of sp³-hybridized carbons (Fsp3) is 0.179. The van der Waals surface area contributed by atoms with E-state index in [9.17, 15) is 14.4 Å². The largest absolute Gasteiger partial charge is 0.372 e. The Morgan fingerprint density at radius 3 is 1.56 bits per heavy atom. The number of para-hydroxylation sites is 2. The lowest BCUT2D eigenvalue weighted by atomic mass is 10.0. The minimum Gasteiger partial charge on any atom is -0.372 e. The summed E-state index contributed by atoms with van der Waals surface area (Å²) in [6.07, 6.45) is 5.21. The van der Waals surface area contributed by atoms with Gasteiger partial charge in [-0.3, -0.25) is 9.59 Å². The topological polar surface area (TPSA) is 60.9 Å². The van der Waals surface area contributed by atoms with Crippen LogP contribution < -0.4 is 14.7 Å². The monoisotopic (exact) mass is 451 g/mol. The second kappa shape index (κ2) is 9.35. The molecule has 170 valence electrons. The molecule has 4 amide bonds. The highest BCUT2D eigenvalue weighted by Gasteiger charge is 2.43. The lowest BCUT2D eigenvalue weighted by Crippen LogP contribution is -2.57. The number of rotatable bonds is 4. The lowest BCUT2D eigenvalue weighted by Gasteiger charge is -2.34. The second-order valence-corrected chi connectivity index (χ2v) is 8.43. The quantitative estimate of drug-likeness (QED) is 0.401. The number of carbonyl (C=O) groups is 3. The van der Waals surface area contributed by atoms with Gasteiger partial charge in [0, 0.05) is 18.8 Å². The maximum absolute atomic E-state index is 13.4. The van der Waals surface area contributed by atoms with Crippen LogP contribution in [0.25, 0.3) is 6.08 Å². The Balaban J connectivity index is 1.53. The van der Waals surface area contributed by atoms with E-state index in [2.05, 4.69) is 4.90 Å². The Hall–Kier alpha value is -4.19. The smallest absolute Gasteiger partial charge is 0.343 e. The number of benzene rings is 3. The van der Waals surface area contributed by atoms with Crippen molar-refractivity contribution in [2.75, 3.05) is 27.8 Å². The molecule has 6 heteroatoms. The van der Waals surface area contributed by atoms with Crippen molar-refractivity contribution < 1.29 is 14.4 Å². The van der Waals surface area contributed by atoms with Crippen LogP contribution in [0, 0.1) is 0 Å².